The van der Waals surface area contributed by atoms with E-state index in [-0.39, 0.29) is 11.8 Å². The molecular weight excluding hydrogens is 305 g/mol. The summed E-state index contributed by atoms with van der Waals surface area (Å²) in [6.45, 7) is 5.25. The van der Waals surface area contributed by atoms with Crippen LogP contribution in [0.15, 0.2) is 18.2 Å². The number of halogens is 1. The van der Waals surface area contributed by atoms with E-state index in [2.05, 4.69) is 15.5 Å². The second-order valence-corrected chi connectivity index (χ2v) is 7.31. The number of carbonyl (C=O) groups is 1. The van der Waals surface area contributed by atoms with Crippen molar-refractivity contribution in [3.63, 3.8) is 0 Å². The van der Waals surface area contributed by atoms with Crippen molar-refractivity contribution in [2.75, 3.05) is 19.6 Å². The maximum atomic E-state index is 13.6. The van der Waals surface area contributed by atoms with Gasteiger partial charge in [-0.1, -0.05) is 25.0 Å². The molecule has 0 unspecified atom stereocenters. The zero-order valence-corrected chi connectivity index (χ0v) is 14.5. The van der Waals surface area contributed by atoms with Crippen LogP contribution in [0.5, 0.6) is 0 Å². The first-order valence-corrected chi connectivity index (χ1v) is 9.12. The predicted octanol–water partition coefficient (Wildman–Crippen LogP) is 3.20. The fraction of sp³-hybridized carbons (Fsp3) is 0.632. The lowest BCUT2D eigenvalue weighted by Crippen LogP contribution is -2.42. The van der Waals surface area contributed by atoms with Crippen LogP contribution in [0.3, 0.4) is 0 Å². The van der Waals surface area contributed by atoms with E-state index < -0.39 is 0 Å². The molecule has 1 aliphatic heterocycles. The molecule has 2 fully saturated rings. The SMILES string of the molecule is Cc1ccc(CN2CC[C@H](CNC(=O)NC3CCCC3)C2)cc1F. The summed E-state index contributed by atoms with van der Waals surface area (Å²) >= 11 is 0. The van der Waals surface area contributed by atoms with Crippen molar-refractivity contribution in [1.29, 1.82) is 0 Å². The third-order valence-electron chi connectivity index (χ3n) is 5.25. The molecular formula is C19H28FN3O. The summed E-state index contributed by atoms with van der Waals surface area (Å²) in [7, 11) is 0. The molecule has 0 radical (unpaired) electrons. The van der Waals surface area contributed by atoms with Gasteiger partial charge in [0.2, 0.25) is 0 Å². The molecule has 0 spiro atoms. The van der Waals surface area contributed by atoms with Gasteiger partial charge in [0.1, 0.15) is 5.82 Å². The Bertz CT molecular complexity index is 572. The molecule has 132 valence electrons. The molecule has 1 saturated carbocycles. The molecule has 3 rings (SSSR count). The van der Waals surface area contributed by atoms with Gasteiger partial charge in [0, 0.05) is 25.7 Å². The molecule has 1 aromatic carbocycles. The average molecular weight is 333 g/mol. The highest BCUT2D eigenvalue weighted by atomic mass is 19.1. The fourth-order valence-corrected chi connectivity index (χ4v) is 3.76. The van der Waals surface area contributed by atoms with Crippen LogP contribution in [-0.4, -0.2) is 36.6 Å². The lowest BCUT2D eigenvalue weighted by molar-refractivity contribution is 0.234. The van der Waals surface area contributed by atoms with Gasteiger partial charge < -0.3 is 10.6 Å². The van der Waals surface area contributed by atoms with E-state index in [0.29, 0.717) is 17.5 Å². The highest BCUT2D eigenvalue weighted by Gasteiger charge is 2.23. The third kappa shape index (κ3) is 4.69. The monoisotopic (exact) mass is 333 g/mol. The Morgan fingerprint density at radius 1 is 1.29 bits per heavy atom. The van der Waals surface area contributed by atoms with Crippen molar-refractivity contribution < 1.29 is 9.18 Å². The quantitative estimate of drug-likeness (QED) is 0.869. The number of carbonyl (C=O) groups excluding carboxylic acids is 1. The number of rotatable bonds is 5. The minimum atomic E-state index is -0.131. The van der Waals surface area contributed by atoms with Gasteiger partial charge in [-0.05, 0) is 55.8 Å². The van der Waals surface area contributed by atoms with Crippen LogP contribution in [0.25, 0.3) is 0 Å². The Morgan fingerprint density at radius 2 is 2.08 bits per heavy atom. The van der Waals surface area contributed by atoms with Crippen LogP contribution in [0, 0.1) is 18.7 Å². The molecule has 2 N–H and O–H groups in total. The molecule has 24 heavy (non-hydrogen) atoms. The van der Waals surface area contributed by atoms with Crippen LogP contribution in [0.4, 0.5) is 9.18 Å². The van der Waals surface area contributed by atoms with Gasteiger partial charge in [0.15, 0.2) is 0 Å². The zero-order chi connectivity index (χ0) is 16.9. The molecule has 5 heteroatoms. The minimum absolute atomic E-state index is 0.0269. The number of urea groups is 1. The van der Waals surface area contributed by atoms with E-state index in [1.165, 1.54) is 12.8 Å². The van der Waals surface area contributed by atoms with E-state index in [4.69, 9.17) is 0 Å². The molecule has 2 amide bonds. The molecule has 1 aromatic rings. The Morgan fingerprint density at radius 3 is 2.83 bits per heavy atom. The number of benzene rings is 1. The topological polar surface area (TPSA) is 44.4 Å². The Balaban J connectivity index is 1.38. The molecule has 0 aromatic heterocycles. The van der Waals surface area contributed by atoms with E-state index >= 15 is 0 Å². The largest absolute Gasteiger partial charge is 0.338 e. The number of nitrogens with zero attached hydrogens (tertiary/aromatic N) is 1. The molecule has 1 saturated heterocycles. The number of hydrogen-bond acceptors (Lipinski definition) is 2. The molecule has 1 aliphatic carbocycles. The predicted molar refractivity (Wildman–Crippen MR) is 93.3 cm³/mol. The summed E-state index contributed by atoms with van der Waals surface area (Å²) in [5.74, 6) is 0.350. The number of likely N-dealkylation sites (tertiary alicyclic amines) is 1. The number of hydrogen-bond donors (Lipinski definition) is 2. The maximum absolute atomic E-state index is 13.6. The first-order valence-electron chi connectivity index (χ1n) is 9.12. The van der Waals surface area contributed by atoms with E-state index in [1.54, 1.807) is 13.0 Å². The number of aryl methyl sites for hydroxylation is 1. The van der Waals surface area contributed by atoms with Gasteiger partial charge in [-0.3, -0.25) is 4.90 Å². The van der Waals surface area contributed by atoms with E-state index in [9.17, 15) is 9.18 Å². The first-order chi connectivity index (χ1) is 11.6. The van der Waals surface area contributed by atoms with Gasteiger partial charge in [-0.15, -0.1) is 0 Å². The van der Waals surface area contributed by atoms with Gasteiger partial charge in [-0.2, -0.15) is 0 Å². The van der Waals surface area contributed by atoms with Crippen molar-refractivity contribution >= 4 is 6.03 Å². The van der Waals surface area contributed by atoms with Crippen LogP contribution in [0.1, 0.15) is 43.2 Å². The van der Waals surface area contributed by atoms with Crippen molar-refractivity contribution in [3.05, 3.63) is 35.1 Å². The van der Waals surface area contributed by atoms with E-state index in [0.717, 1.165) is 51.0 Å². The summed E-state index contributed by atoms with van der Waals surface area (Å²) in [6.07, 6.45) is 5.75. The standard InChI is InChI=1S/C19H28FN3O/c1-14-6-7-15(10-18(14)20)12-23-9-8-16(13-23)11-21-19(24)22-17-4-2-3-5-17/h6-7,10,16-17H,2-5,8-9,11-13H2,1H3,(H2,21,22,24)/t16-/m1/s1. The highest BCUT2D eigenvalue weighted by Crippen LogP contribution is 2.20. The summed E-state index contributed by atoms with van der Waals surface area (Å²) in [5, 5.41) is 6.08. The van der Waals surface area contributed by atoms with Crippen LogP contribution >= 0.6 is 0 Å². The molecule has 1 atom stereocenters. The lowest BCUT2D eigenvalue weighted by atomic mass is 10.1. The summed E-state index contributed by atoms with van der Waals surface area (Å²) in [4.78, 5) is 14.3. The van der Waals surface area contributed by atoms with Gasteiger partial charge in [0.05, 0.1) is 0 Å². The maximum Gasteiger partial charge on any atom is 0.315 e. The minimum Gasteiger partial charge on any atom is -0.338 e. The molecule has 1 heterocycles. The number of nitrogens with one attached hydrogen (secondary N) is 2. The molecule has 4 nitrogen and oxygen atoms in total. The van der Waals surface area contributed by atoms with E-state index in [1.807, 2.05) is 12.1 Å². The van der Waals surface area contributed by atoms with Gasteiger partial charge >= 0.3 is 6.03 Å². The average Bonchev–Trinajstić information content (AvgIpc) is 3.21. The smallest absolute Gasteiger partial charge is 0.315 e. The number of amides is 2. The third-order valence-corrected chi connectivity index (χ3v) is 5.25. The zero-order valence-electron chi connectivity index (χ0n) is 14.5. The molecule has 0 bridgehead atoms. The molecule has 2 aliphatic rings. The second-order valence-electron chi connectivity index (χ2n) is 7.31. The first kappa shape index (κ1) is 17.2. The Labute approximate surface area is 143 Å². The van der Waals surface area contributed by atoms with Crippen molar-refractivity contribution in [3.8, 4) is 0 Å². The van der Waals surface area contributed by atoms with Crippen LogP contribution in [0.2, 0.25) is 0 Å². The van der Waals surface area contributed by atoms with Gasteiger partial charge in [-0.25, -0.2) is 9.18 Å². The van der Waals surface area contributed by atoms with Gasteiger partial charge in [0.25, 0.3) is 0 Å². The Kier molecular flexibility index (Phi) is 5.72. The van der Waals surface area contributed by atoms with Crippen LogP contribution < -0.4 is 10.6 Å². The van der Waals surface area contributed by atoms with Crippen molar-refractivity contribution in [2.24, 2.45) is 5.92 Å². The Hall–Kier alpha value is -1.62. The summed E-state index contributed by atoms with van der Waals surface area (Å²) < 4.78 is 13.6. The second kappa shape index (κ2) is 7.97. The normalized spacial score (nSPS) is 22.0. The van der Waals surface area contributed by atoms with Crippen molar-refractivity contribution in [1.82, 2.24) is 15.5 Å². The summed E-state index contributed by atoms with van der Waals surface area (Å²) in [5.41, 5.74) is 1.71. The van der Waals surface area contributed by atoms with Crippen molar-refractivity contribution in [2.45, 2.75) is 51.6 Å². The highest BCUT2D eigenvalue weighted by molar-refractivity contribution is 5.74. The van der Waals surface area contributed by atoms with Crippen LogP contribution in [-0.2, 0) is 6.54 Å². The summed E-state index contributed by atoms with van der Waals surface area (Å²) in [6, 6.07) is 5.81. The lowest BCUT2D eigenvalue weighted by Gasteiger charge is -2.17. The fourth-order valence-electron chi connectivity index (χ4n) is 3.76.